The zero-order chi connectivity index (χ0) is 15.7. The van der Waals surface area contributed by atoms with E-state index in [9.17, 15) is 14.7 Å². The fourth-order valence-electron chi connectivity index (χ4n) is 2.47. The average molecular weight is 372 g/mol. The molecule has 114 valence electrons. The summed E-state index contributed by atoms with van der Waals surface area (Å²) in [5.41, 5.74) is 1.40. The maximum atomic E-state index is 12.9. The van der Waals surface area contributed by atoms with E-state index >= 15 is 0 Å². The van der Waals surface area contributed by atoms with Crippen molar-refractivity contribution in [3.8, 4) is 0 Å². The summed E-state index contributed by atoms with van der Waals surface area (Å²) in [6, 6.07) is 4.67. The monoisotopic (exact) mass is 371 g/mol. The first kappa shape index (κ1) is 16.4. The molecule has 0 saturated carbocycles. The van der Waals surface area contributed by atoms with Crippen LogP contribution in [-0.4, -0.2) is 39.1 Å². The van der Waals surface area contributed by atoms with Crippen LogP contribution in [0.15, 0.2) is 22.7 Å². The highest BCUT2D eigenvalue weighted by Gasteiger charge is 2.43. The third-order valence-electron chi connectivity index (χ3n) is 3.62. The van der Waals surface area contributed by atoms with Crippen molar-refractivity contribution < 1.29 is 14.7 Å². The molecule has 1 fully saturated rings. The normalized spacial score (nSPS) is 21.9. The lowest BCUT2D eigenvalue weighted by molar-refractivity contribution is -0.141. The van der Waals surface area contributed by atoms with Crippen molar-refractivity contribution in [2.45, 2.75) is 32.2 Å². The van der Waals surface area contributed by atoms with Gasteiger partial charge in [-0.3, -0.25) is 4.79 Å². The van der Waals surface area contributed by atoms with Crippen molar-refractivity contribution in [2.24, 2.45) is 5.92 Å². The molecule has 1 heterocycles. The topological polar surface area (TPSA) is 57.6 Å². The number of benzene rings is 1. The largest absolute Gasteiger partial charge is 0.480 e. The van der Waals surface area contributed by atoms with E-state index in [0.717, 1.165) is 10.0 Å². The molecule has 1 aliphatic heterocycles. The fraction of sp³-hybridized carbons (Fsp3) is 0.467. The first-order chi connectivity index (χ1) is 9.84. The summed E-state index contributed by atoms with van der Waals surface area (Å²) in [5.74, 6) is -0.496. The van der Waals surface area contributed by atoms with Gasteiger partial charge in [0.15, 0.2) is 0 Å². The molecule has 2 atom stereocenters. The number of hydrogen-bond acceptors (Lipinski definition) is 3. The molecule has 1 aromatic carbocycles. The summed E-state index contributed by atoms with van der Waals surface area (Å²) in [6.07, 6.45) is 0. The molecule has 0 radical (unpaired) electrons. The zero-order valence-electron chi connectivity index (χ0n) is 12.2. The molecule has 0 spiro atoms. The van der Waals surface area contributed by atoms with Crippen LogP contribution >= 0.6 is 27.7 Å². The lowest BCUT2D eigenvalue weighted by Gasteiger charge is -2.30. The van der Waals surface area contributed by atoms with E-state index in [1.165, 1.54) is 4.90 Å². The van der Waals surface area contributed by atoms with Crippen LogP contribution < -0.4 is 0 Å². The summed E-state index contributed by atoms with van der Waals surface area (Å²) < 4.78 is 0.855. The molecular formula is C15H18BrNO3S. The van der Waals surface area contributed by atoms with Gasteiger partial charge in [-0.2, -0.15) is 0 Å². The number of nitrogens with zero attached hydrogens (tertiary/aromatic N) is 1. The Bertz CT molecular complexity index is 576. The molecule has 1 aliphatic rings. The van der Waals surface area contributed by atoms with E-state index in [1.807, 2.05) is 26.8 Å². The molecule has 1 N–H and O–H groups in total. The van der Waals surface area contributed by atoms with Crippen LogP contribution in [0.5, 0.6) is 0 Å². The van der Waals surface area contributed by atoms with Gasteiger partial charge in [0, 0.05) is 15.8 Å². The number of thioether (sulfide) groups is 1. The molecule has 0 bridgehead atoms. The molecule has 1 amide bonds. The molecule has 1 saturated heterocycles. The minimum Gasteiger partial charge on any atom is -0.480 e. The molecule has 2 unspecified atom stereocenters. The molecule has 0 aromatic heterocycles. The first-order valence-electron chi connectivity index (χ1n) is 6.76. The number of hydrogen-bond donors (Lipinski definition) is 1. The van der Waals surface area contributed by atoms with Gasteiger partial charge >= 0.3 is 5.97 Å². The lowest BCUT2D eigenvalue weighted by Crippen LogP contribution is -2.47. The van der Waals surface area contributed by atoms with Crippen LogP contribution in [0.2, 0.25) is 0 Å². The second-order valence-electron chi connectivity index (χ2n) is 5.45. The number of carbonyl (C=O) groups is 2. The van der Waals surface area contributed by atoms with Gasteiger partial charge in [0.05, 0.1) is 5.37 Å². The van der Waals surface area contributed by atoms with Gasteiger partial charge in [0.1, 0.15) is 6.04 Å². The van der Waals surface area contributed by atoms with Crippen molar-refractivity contribution >= 4 is 39.6 Å². The highest BCUT2D eigenvalue weighted by molar-refractivity contribution is 9.10. The Labute approximate surface area is 137 Å². The smallest absolute Gasteiger partial charge is 0.327 e. The Hall–Kier alpha value is -1.01. The zero-order valence-corrected chi connectivity index (χ0v) is 14.6. The standard InChI is InChI=1S/C15H18BrNO3S/c1-8(2)14-17(12(7-21-14)15(19)20)13(18)10-5-4-6-11(16)9(10)3/h4-6,8,12,14H,7H2,1-3H3,(H,19,20). The van der Waals surface area contributed by atoms with Crippen LogP contribution in [-0.2, 0) is 4.79 Å². The number of carbonyl (C=O) groups excluding carboxylic acids is 1. The van der Waals surface area contributed by atoms with E-state index in [-0.39, 0.29) is 17.2 Å². The van der Waals surface area contributed by atoms with Crippen molar-refractivity contribution in [3.05, 3.63) is 33.8 Å². The van der Waals surface area contributed by atoms with Gasteiger partial charge in [-0.1, -0.05) is 35.8 Å². The van der Waals surface area contributed by atoms with Gasteiger partial charge in [0.25, 0.3) is 5.91 Å². The Kier molecular flexibility index (Phi) is 4.99. The highest BCUT2D eigenvalue weighted by atomic mass is 79.9. The molecule has 6 heteroatoms. The van der Waals surface area contributed by atoms with Crippen molar-refractivity contribution in [1.29, 1.82) is 0 Å². The second-order valence-corrected chi connectivity index (χ2v) is 7.45. The van der Waals surface area contributed by atoms with Crippen LogP contribution in [0.1, 0.15) is 29.8 Å². The summed E-state index contributed by atoms with van der Waals surface area (Å²) in [4.78, 5) is 25.9. The van der Waals surface area contributed by atoms with E-state index in [0.29, 0.717) is 11.3 Å². The lowest BCUT2D eigenvalue weighted by atomic mass is 10.1. The van der Waals surface area contributed by atoms with Crippen LogP contribution in [0.4, 0.5) is 0 Å². The Morgan fingerprint density at radius 1 is 1.43 bits per heavy atom. The number of halogens is 1. The first-order valence-corrected chi connectivity index (χ1v) is 8.61. The summed E-state index contributed by atoms with van der Waals surface area (Å²) in [6.45, 7) is 5.88. The quantitative estimate of drug-likeness (QED) is 0.884. The molecule has 4 nitrogen and oxygen atoms in total. The number of carboxylic acid groups (broad SMARTS) is 1. The molecule has 2 rings (SSSR count). The molecule has 21 heavy (non-hydrogen) atoms. The minimum atomic E-state index is -0.938. The van der Waals surface area contributed by atoms with Crippen LogP contribution in [0.3, 0.4) is 0 Å². The predicted octanol–water partition coefficient (Wildman–Crippen LogP) is 3.38. The summed E-state index contributed by atoms with van der Waals surface area (Å²) in [5, 5.41) is 9.29. The van der Waals surface area contributed by atoms with Crippen LogP contribution in [0, 0.1) is 12.8 Å². The average Bonchev–Trinajstić information content (AvgIpc) is 2.86. The van der Waals surface area contributed by atoms with Crippen molar-refractivity contribution in [3.63, 3.8) is 0 Å². The van der Waals surface area contributed by atoms with Gasteiger partial charge in [0.2, 0.25) is 0 Å². The van der Waals surface area contributed by atoms with Gasteiger partial charge in [-0.05, 0) is 30.5 Å². The predicted molar refractivity (Wildman–Crippen MR) is 87.6 cm³/mol. The van der Waals surface area contributed by atoms with E-state index in [1.54, 1.807) is 23.9 Å². The number of carboxylic acids is 1. The van der Waals surface area contributed by atoms with E-state index < -0.39 is 12.0 Å². The number of aliphatic carboxylic acids is 1. The van der Waals surface area contributed by atoms with Crippen molar-refractivity contribution in [2.75, 3.05) is 5.75 Å². The van der Waals surface area contributed by atoms with Gasteiger partial charge < -0.3 is 10.0 Å². The SMILES string of the molecule is Cc1c(Br)cccc1C(=O)N1C(C(=O)O)CSC1C(C)C. The molecular weight excluding hydrogens is 354 g/mol. The maximum absolute atomic E-state index is 12.9. The fourth-order valence-corrected chi connectivity index (χ4v) is 4.30. The van der Waals surface area contributed by atoms with Gasteiger partial charge in [-0.25, -0.2) is 4.79 Å². The third-order valence-corrected chi connectivity index (χ3v) is 6.10. The minimum absolute atomic E-state index is 0.100. The van der Waals surface area contributed by atoms with E-state index in [2.05, 4.69) is 15.9 Å². The Morgan fingerprint density at radius 2 is 2.10 bits per heavy atom. The number of rotatable bonds is 3. The maximum Gasteiger partial charge on any atom is 0.327 e. The second kappa shape index (κ2) is 6.40. The van der Waals surface area contributed by atoms with Crippen LogP contribution in [0.25, 0.3) is 0 Å². The number of amides is 1. The third kappa shape index (κ3) is 3.11. The van der Waals surface area contributed by atoms with Gasteiger partial charge in [-0.15, -0.1) is 11.8 Å². The Balaban J connectivity index is 2.42. The Morgan fingerprint density at radius 3 is 2.67 bits per heavy atom. The summed E-state index contributed by atoms with van der Waals surface area (Å²) in [7, 11) is 0. The highest BCUT2D eigenvalue weighted by Crippen LogP contribution is 2.36. The molecule has 1 aromatic rings. The van der Waals surface area contributed by atoms with E-state index in [4.69, 9.17) is 0 Å². The van der Waals surface area contributed by atoms with Crippen molar-refractivity contribution in [1.82, 2.24) is 4.90 Å². The summed E-state index contributed by atoms with van der Waals surface area (Å²) >= 11 is 4.96. The molecule has 0 aliphatic carbocycles.